The highest BCUT2D eigenvalue weighted by molar-refractivity contribution is 6.30. The molecule has 0 aliphatic carbocycles. The monoisotopic (exact) mass is 427 g/mol. The van der Waals surface area contributed by atoms with Crippen molar-refractivity contribution in [2.24, 2.45) is 5.73 Å². The van der Waals surface area contributed by atoms with Crippen LogP contribution in [0.3, 0.4) is 0 Å². The van der Waals surface area contributed by atoms with E-state index in [9.17, 15) is 9.90 Å². The molecule has 3 aromatic rings. The number of anilines is 1. The Morgan fingerprint density at radius 3 is 2.50 bits per heavy atom. The van der Waals surface area contributed by atoms with Gasteiger partial charge in [0.25, 0.3) is 5.91 Å². The molecule has 0 radical (unpaired) electrons. The van der Waals surface area contributed by atoms with Crippen LogP contribution in [-0.2, 0) is 0 Å². The van der Waals surface area contributed by atoms with Gasteiger partial charge in [-0.1, -0.05) is 35.9 Å². The summed E-state index contributed by atoms with van der Waals surface area (Å²) in [6.45, 7) is 2.83. The lowest BCUT2D eigenvalue weighted by Gasteiger charge is -2.14. The minimum Gasteiger partial charge on any atom is -0.506 e. The number of nitrogens with two attached hydrogens (primary N) is 1. The second-order valence-electron chi connectivity index (χ2n) is 6.91. The molecule has 0 aliphatic rings. The van der Waals surface area contributed by atoms with Crippen LogP contribution in [0.15, 0.2) is 54.6 Å². The summed E-state index contributed by atoms with van der Waals surface area (Å²) in [7, 11) is 0. The number of amides is 1. The van der Waals surface area contributed by atoms with Gasteiger partial charge < -0.3 is 26.2 Å². The summed E-state index contributed by atoms with van der Waals surface area (Å²) in [4.78, 5) is 13.0. The maximum atomic E-state index is 13.0. The normalized spacial score (nSPS) is 10.9. The Hall–Kier alpha value is -2.80. The minimum atomic E-state index is -0.366. The van der Waals surface area contributed by atoms with Gasteiger partial charge in [0.2, 0.25) is 0 Å². The van der Waals surface area contributed by atoms with Gasteiger partial charge in [-0.25, -0.2) is 0 Å². The van der Waals surface area contributed by atoms with Crippen LogP contribution < -0.4 is 21.1 Å². The van der Waals surface area contributed by atoms with Gasteiger partial charge in [0.1, 0.15) is 11.5 Å². The zero-order chi connectivity index (χ0) is 21.3. The number of ether oxygens (including phenoxy) is 1. The summed E-state index contributed by atoms with van der Waals surface area (Å²) < 4.78 is 5.95. The molecular formula is C23H26ClN3O3. The van der Waals surface area contributed by atoms with Crippen molar-refractivity contribution < 1.29 is 14.6 Å². The molecule has 0 fully saturated rings. The Morgan fingerprint density at radius 2 is 1.77 bits per heavy atom. The van der Waals surface area contributed by atoms with E-state index in [-0.39, 0.29) is 17.3 Å². The van der Waals surface area contributed by atoms with Crippen molar-refractivity contribution in [3.8, 4) is 11.5 Å². The summed E-state index contributed by atoms with van der Waals surface area (Å²) in [5.41, 5.74) is 6.17. The van der Waals surface area contributed by atoms with Gasteiger partial charge in [0, 0.05) is 11.1 Å². The molecule has 0 spiro atoms. The average molecular weight is 428 g/mol. The maximum absolute atomic E-state index is 13.0. The standard InChI is InChI=1S/C23H26ClN3O3/c24-18-7-8-20(21(28)15-18)27-23(29)19-13-16-5-1-2-6-17(16)14-22(19)30-12-4-11-26-10-3-9-25/h1-2,5-8,13-15,26,28H,3-4,9-12,25H2,(H,27,29). The number of nitrogens with one attached hydrogen (secondary N) is 2. The van der Waals surface area contributed by atoms with E-state index in [2.05, 4.69) is 10.6 Å². The summed E-state index contributed by atoms with van der Waals surface area (Å²) in [5, 5.41) is 18.4. The van der Waals surface area contributed by atoms with Gasteiger partial charge in [-0.15, -0.1) is 0 Å². The summed E-state index contributed by atoms with van der Waals surface area (Å²) >= 11 is 5.87. The van der Waals surface area contributed by atoms with Crippen LogP contribution in [-0.4, -0.2) is 37.3 Å². The molecule has 0 aliphatic heterocycles. The number of phenols is 1. The number of hydrogen-bond acceptors (Lipinski definition) is 5. The smallest absolute Gasteiger partial charge is 0.259 e. The molecule has 0 bridgehead atoms. The van der Waals surface area contributed by atoms with Gasteiger partial charge in [0.05, 0.1) is 17.9 Å². The first-order chi connectivity index (χ1) is 14.6. The van der Waals surface area contributed by atoms with Crippen LogP contribution in [0.5, 0.6) is 11.5 Å². The second kappa shape index (κ2) is 10.8. The summed E-state index contributed by atoms with van der Waals surface area (Å²) in [5.74, 6) is 0.0405. The topological polar surface area (TPSA) is 96.6 Å². The van der Waals surface area contributed by atoms with E-state index < -0.39 is 0 Å². The van der Waals surface area contributed by atoms with E-state index in [1.165, 1.54) is 6.07 Å². The molecule has 3 aromatic carbocycles. The third-order valence-electron chi connectivity index (χ3n) is 4.61. The Labute approximate surface area is 181 Å². The predicted molar refractivity (Wildman–Crippen MR) is 122 cm³/mol. The van der Waals surface area contributed by atoms with Gasteiger partial charge in [-0.05, 0) is 67.5 Å². The third-order valence-corrected chi connectivity index (χ3v) is 4.85. The van der Waals surface area contributed by atoms with Gasteiger partial charge in [0.15, 0.2) is 0 Å². The molecule has 158 valence electrons. The lowest BCUT2D eigenvalue weighted by atomic mass is 10.1. The molecule has 5 N–H and O–H groups in total. The van der Waals surface area contributed by atoms with E-state index in [0.29, 0.717) is 29.5 Å². The summed E-state index contributed by atoms with van der Waals surface area (Å²) in [6, 6.07) is 16.0. The zero-order valence-corrected chi connectivity index (χ0v) is 17.4. The molecule has 0 heterocycles. The molecule has 0 saturated carbocycles. The molecular weight excluding hydrogens is 402 g/mol. The van der Waals surface area contributed by atoms with Crippen LogP contribution in [0.25, 0.3) is 10.8 Å². The number of aromatic hydroxyl groups is 1. The molecule has 7 heteroatoms. The highest BCUT2D eigenvalue weighted by Gasteiger charge is 2.16. The van der Waals surface area contributed by atoms with Crippen molar-refractivity contribution in [1.29, 1.82) is 0 Å². The third kappa shape index (κ3) is 5.86. The first kappa shape index (κ1) is 21.9. The molecule has 0 unspecified atom stereocenters. The molecule has 1 amide bonds. The fraction of sp³-hybridized carbons (Fsp3) is 0.261. The number of carbonyl (C=O) groups excluding carboxylic acids is 1. The highest BCUT2D eigenvalue weighted by Crippen LogP contribution is 2.30. The van der Waals surface area contributed by atoms with E-state index >= 15 is 0 Å². The van der Waals surface area contributed by atoms with Crippen molar-refractivity contribution in [1.82, 2.24) is 5.32 Å². The maximum Gasteiger partial charge on any atom is 0.259 e. The molecule has 0 aromatic heterocycles. The number of rotatable bonds is 10. The van der Waals surface area contributed by atoms with Crippen molar-refractivity contribution in [2.45, 2.75) is 12.8 Å². The lowest BCUT2D eigenvalue weighted by Crippen LogP contribution is -2.21. The Bertz CT molecular complexity index is 1010. The number of hydrogen-bond donors (Lipinski definition) is 4. The Morgan fingerprint density at radius 1 is 1.03 bits per heavy atom. The van der Waals surface area contributed by atoms with Crippen LogP contribution in [0.1, 0.15) is 23.2 Å². The van der Waals surface area contributed by atoms with E-state index in [0.717, 1.165) is 36.7 Å². The fourth-order valence-electron chi connectivity index (χ4n) is 3.05. The first-order valence-electron chi connectivity index (χ1n) is 9.94. The van der Waals surface area contributed by atoms with Crippen LogP contribution in [0.4, 0.5) is 5.69 Å². The molecule has 6 nitrogen and oxygen atoms in total. The zero-order valence-electron chi connectivity index (χ0n) is 16.7. The van der Waals surface area contributed by atoms with Crippen molar-refractivity contribution in [2.75, 3.05) is 31.6 Å². The molecule has 0 atom stereocenters. The van der Waals surface area contributed by atoms with Crippen molar-refractivity contribution in [3.63, 3.8) is 0 Å². The van der Waals surface area contributed by atoms with Gasteiger partial charge in [-0.3, -0.25) is 4.79 Å². The van der Waals surface area contributed by atoms with Crippen LogP contribution in [0, 0.1) is 0 Å². The van der Waals surface area contributed by atoms with E-state index in [1.54, 1.807) is 18.2 Å². The largest absolute Gasteiger partial charge is 0.506 e. The van der Waals surface area contributed by atoms with Gasteiger partial charge >= 0.3 is 0 Å². The summed E-state index contributed by atoms with van der Waals surface area (Å²) in [6.07, 6.45) is 1.74. The van der Waals surface area contributed by atoms with E-state index in [4.69, 9.17) is 22.1 Å². The number of phenolic OH excluding ortho intramolecular Hbond substituents is 1. The first-order valence-corrected chi connectivity index (χ1v) is 10.3. The van der Waals surface area contributed by atoms with E-state index in [1.807, 2.05) is 30.3 Å². The molecule has 3 rings (SSSR count). The molecule has 30 heavy (non-hydrogen) atoms. The van der Waals surface area contributed by atoms with Crippen LogP contribution in [0.2, 0.25) is 5.02 Å². The van der Waals surface area contributed by atoms with Crippen molar-refractivity contribution >= 4 is 34.0 Å². The SMILES string of the molecule is NCCCNCCCOc1cc2ccccc2cc1C(=O)Nc1ccc(Cl)cc1O. The quantitative estimate of drug-likeness (QED) is 0.288. The van der Waals surface area contributed by atoms with Gasteiger partial charge in [-0.2, -0.15) is 0 Å². The highest BCUT2D eigenvalue weighted by atomic mass is 35.5. The Kier molecular flexibility index (Phi) is 7.90. The average Bonchev–Trinajstić information content (AvgIpc) is 2.74. The number of fused-ring (bicyclic) bond motifs is 1. The van der Waals surface area contributed by atoms with Crippen LogP contribution >= 0.6 is 11.6 Å². The number of carbonyl (C=O) groups is 1. The lowest BCUT2D eigenvalue weighted by molar-refractivity contribution is 0.102. The number of benzene rings is 3. The number of halogens is 1. The Balaban J connectivity index is 1.75. The molecule has 0 saturated heterocycles. The van der Waals surface area contributed by atoms with Crippen molar-refractivity contribution in [3.05, 3.63) is 65.2 Å². The minimum absolute atomic E-state index is 0.0948. The predicted octanol–water partition coefficient (Wildman–Crippen LogP) is 4.16. The fourth-order valence-corrected chi connectivity index (χ4v) is 3.21. The second-order valence-corrected chi connectivity index (χ2v) is 7.34.